The zero-order valence-electron chi connectivity index (χ0n) is 11.9. The number of methoxy groups -OCH3 is 1. The number of nitrogens with zero attached hydrogens (tertiary/aromatic N) is 2. The third kappa shape index (κ3) is 4.76. The molecule has 9 heteroatoms. The Labute approximate surface area is 120 Å². The van der Waals surface area contributed by atoms with Crippen LogP contribution in [-0.2, 0) is 9.53 Å². The largest absolute Gasteiger partial charge is 0.480 e. The monoisotopic (exact) mass is 312 g/mol. The van der Waals surface area contributed by atoms with Gasteiger partial charge in [0.1, 0.15) is 12.6 Å². The van der Waals surface area contributed by atoms with E-state index in [0.29, 0.717) is 11.3 Å². The van der Waals surface area contributed by atoms with Gasteiger partial charge in [-0.25, -0.2) is 9.59 Å². The maximum absolute atomic E-state index is 12.5. The highest BCUT2D eigenvalue weighted by atomic mass is 19.4. The molecule has 0 aromatic carbocycles. The highest BCUT2D eigenvalue weighted by Crippen LogP contribution is 2.24. The molecule has 1 N–H and O–H groups in total. The zero-order valence-corrected chi connectivity index (χ0v) is 11.9. The van der Waals surface area contributed by atoms with E-state index in [1.165, 1.54) is 7.11 Å². The van der Waals surface area contributed by atoms with E-state index in [1.54, 1.807) is 6.92 Å². The Kier molecular flexibility index (Phi) is 5.82. The molecule has 0 aromatic rings. The summed E-state index contributed by atoms with van der Waals surface area (Å²) in [6, 6.07) is -2.07. The van der Waals surface area contributed by atoms with Crippen LogP contribution in [0.25, 0.3) is 0 Å². The first-order valence-electron chi connectivity index (χ1n) is 6.57. The van der Waals surface area contributed by atoms with Crippen molar-refractivity contribution < 1.29 is 32.6 Å². The Morgan fingerprint density at radius 3 is 2.48 bits per heavy atom. The molecule has 6 nitrogen and oxygen atoms in total. The summed E-state index contributed by atoms with van der Waals surface area (Å²) in [5, 5.41) is 9.10. The Bertz CT molecular complexity index is 389. The van der Waals surface area contributed by atoms with Crippen molar-refractivity contribution in [3.05, 3.63) is 0 Å². The van der Waals surface area contributed by atoms with Crippen molar-refractivity contribution in [1.29, 1.82) is 0 Å². The topological polar surface area (TPSA) is 70.1 Å². The van der Waals surface area contributed by atoms with Crippen molar-refractivity contribution in [3.8, 4) is 0 Å². The van der Waals surface area contributed by atoms with Gasteiger partial charge in [0.25, 0.3) is 0 Å². The highest BCUT2D eigenvalue weighted by molar-refractivity contribution is 5.83. The van der Waals surface area contributed by atoms with Gasteiger partial charge in [-0.15, -0.1) is 0 Å². The summed E-state index contributed by atoms with van der Waals surface area (Å²) < 4.78 is 42.6. The molecule has 0 radical (unpaired) electrons. The molecule has 1 aliphatic heterocycles. The van der Waals surface area contributed by atoms with E-state index in [-0.39, 0.29) is 19.5 Å². The summed E-state index contributed by atoms with van der Waals surface area (Å²) in [6.45, 7) is 0.149. The smallest absolute Gasteiger partial charge is 0.406 e. The normalized spacial score (nSPS) is 22.4. The molecule has 1 rings (SSSR count). The molecule has 1 fully saturated rings. The molecule has 0 spiro atoms. The molecule has 2 atom stereocenters. The van der Waals surface area contributed by atoms with Gasteiger partial charge in [0.15, 0.2) is 0 Å². The number of hydrogen-bond acceptors (Lipinski definition) is 3. The first-order valence-corrected chi connectivity index (χ1v) is 6.57. The van der Waals surface area contributed by atoms with Crippen molar-refractivity contribution in [3.63, 3.8) is 0 Å². The van der Waals surface area contributed by atoms with E-state index in [9.17, 15) is 22.8 Å². The first-order chi connectivity index (χ1) is 9.69. The summed E-state index contributed by atoms with van der Waals surface area (Å²) in [7, 11) is 1.37. The molecule has 1 aliphatic rings. The van der Waals surface area contributed by atoms with Gasteiger partial charge in [0.05, 0.1) is 6.10 Å². The molecule has 0 aliphatic carbocycles. The summed E-state index contributed by atoms with van der Waals surface area (Å²) in [5.41, 5.74) is 0. The van der Waals surface area contributed by atoms with Crippen molar-refractivity contribution in [2.45, 2.75) is 38.1 Å². The summed E-state index contributed by atoms with van der Waals surface area (Å²) >= 11 is 0. The predicted molar refractivity (Wildman–Crippen MR) is 66.9 cm³/mol. The second kappa shape index (κ2) is 6.97. The Balaban J connectivity index is 2.87. The lowest BCUT2D eigenvalue weighted by molar-refractivity contribution is -0.144. The Morgan fingerprint density at radius 2 is 2.05 bits per heavy atom. The van der Waals surface area contributed by atoms with Gasteiger partial charge < -0.3 is 19.6 Å². The molecule has 0 aromatic heterocycles. The molecular formula is C12H19F3N2O4. The van der Waals surface area contributed by atoms with Gasteiger partial charge in [0, 0.05) is 26.6 Å². The number of halogens is 3. The first kappa shape index (κ1) is 17.5. The van der Waals surface area contributed by atoms with E-state index in [1.807, 2.05) is 0 Å². The minimum absolute atomic E-state index is 0.0234. The molecule has 0 bridgehead atoms. The number of amides is 2. The molecule has 2 amide bonds. The van der Waals surface area contributed by atoms with Crippen molar-refractivity contribution in [2.24, 2.45) is 0 Å². The van der Waals surface area contributed by atoms with Crippen LogP contribution in [0.4, 0.5) is 18.0 Å². The van der Waals surface area contributed by atoms with Gasteiger partial charge in [0.2, 0.25) is 0 Å². The average Bonchev–Trinajstić information content (AvgIpc) is 2.80. The Hall–Kier alpha value is -1.51. The third-order valence-electron chi connectivity index (χ3n) is 3.26. The van der Waals surface area contributed by atoms with Crippen LogP contribution in [0.15, 0.2) is 0 Å². The minimum atomic E-state index is -4.52. The fourth-order valence-electron chi connectivity index (χ4n) is 2.32. The lowest BCUT2D eigenvalue weighted by atomic mass is 10.2. The van der Waals surface area contributed by atoms with Crippen LogP contribution in [-0.4, -0.2) is 72.0 Å². The average molecular weight is 312 g/mol. The standard InChI is InChI=1S/C12H19F3N2O4/c1-3-4-16(7-12(13,14)15)11(20)17-6-8(21-2)5-9(17)10(18)19/h8-9H,3-7H2,1-2H3,(H,18,19). The van der Waals surface area contributed by atoms with Crippen molar-refractivity contribution in [1.82, 2.24) is 9.80 Å². The number of carbonyl (C=O) groups is 2. The number of urea groups is 1. The van der Waals surface area contributed by atoms with Gasteiger partial charge in [-0.1, -0.05) is 6.92 Å². The molecular weight excluding hydrogens is 293 g/mol. The van der Waals surface area contributed by atoms with E-state index in [2.05, 4.69) is 0 Å². The lowest BCUT2D eigenvalue weighted by Gasteiger charge is -2.30. The number of ether oxygens (including phenoxy) is 1. The number of alkyl halides is 3. The summed E-state index contributed by atoms with van der Waals surface area (Å²) in [4.78, 5) is 25.0. The van der Waals surface area contributed by atoms with Crippen LogP contribution in [0.5, 0.6) is 0 Å². The molecule has 1 heterocycles. The number of carboxylic acid groups (broad SMARTS) is 1. The SMILES string of the molecule is CCCN(CC(F)(F)F)C(=O)N1CC(OC)CC1C(=O)O. The number of hydrogen-bond donors (Lipinski definition) is 1. The van der Waals surface area contributed by atoms with Crippen LogP contribution in [0.2, 0.25) is 0 Å². The van der Waals surface area contributed by atoms with Gasteiger partial charge >= 0.3 is 18.2 Å². The quantitative estimate of drug-likeness (QED) is 0.836. The summed E-state index contributed by atoms with van der Waals surface area (Å²) in [6.07, 6.45) is -4.58. The van der Waals surface area contributed by atoms with Crippen LogP contribution < -0.4 is 0 Å². The Morgan fingerprint density at radius 1 is 1.43 bits per heavy atom. The lowest BCUT2D eigenvalue weighted by Crippen LogP contribution is -2.50. The third-order valence-corrected chi connectivity index (χ3v) is 3.26. The van der Waals surface area contributed by atoms with Gasteiger partial charge in [-0.2, -0.15) is 13.2 Å². The number of carboxylic acids is 1. The van der Waals surface area contributed by atoms with Crippen LogP contribution in [0.3, 0.4) is 0 Å². The van der Waals surface area contributed by atoms with Gasteiger partial charge in [-0.05, 0) is 6.42 Å². The molecule has 122 valence electrons. The van der Waals surface area contributed by atoms with Crippen LogP contribution in [0.1, 0.15) is 19.8 Å². The zero-order chi connectivity index (χ0) is 16.2. The molecule has 1 saturated heterocycles. The van der Waals surface area contributed by atoms with E-state index in [0.717, 1.165) is 4.90 Å². The van der Waals surface area contributed by atoms with Crippen molar-refractivity contribution >= 4 is 12.0 Å². The molecule has 21 heavy (non-hydrogen) atoms. The van der Waals surface area contributed by atoms with Crippen LogP contribution >= 0.6 is 0 Å². The second-order valence-electron chi connectivity index (χ2n) is 4.92. The van der Waals surface area contributed by atoms with Crippen molar-refractivity contribution in [2.75, 3.05) is 26.7 Å². The number of likely N-dealkylation sites (tertiary alicyclic amines) is 1. The maximum Gasteiger partial charge on any atom is 0.406 e. The predicted octanol–water partition coefficient (Wildman–Crippen LogP) is 1.55. The number of rotatable bonds is 5. The molecule has 0 saturated carbocycles. The minimum Gasteiger partial charge on any atom is -0.480 e. The van der Waals surface area contributed by atoms with Gasteiger partial charge in [-0.3, -0.25) is 0 Å². The maximum atomic E-state index is 12.5. The fraction of sp³-hybridized carbons (Fsp3) is 0.833. The number of carbonyl (C=O) groups excluding carboxylic acids is 1. The van der Waals surface area contributed by atoms with E-state index in [4.69, 9.17) is 9.84 Å². The van der Waals surface area contributed by atoms with E-state index < -0.39 is 36.9 Å². The van der Waals surface area contributed by atoms with E-state index >= 15 is 0 Å². The van der Waals surface area contributed by atoms with Crippen LogP contribution in [0, 0.1) is 0 Å². The highest BCUT2D eigenvalue weighted by Gasteiger charge is 2.43. The second-order valence-corrected chi connectivity index (χ2v) is 4.92. The fourth-order valence-corrected chi connectivity index (χ4v) is 2.32. The molecule has 2 unspecified atom stereocenters. The summed E-state index contributed by atoms with van der Waals surface area (Å²) in [5.74, 6) is -1.24. The number of aliphatic carboxylic acids is 1.